The molecule has 23 heavy (non-hydrogen) atoms. The summed E-state index contributed by atoms with van der Waals surface area (Å²) in [4.78, 5) is 0. The van der Waals surface area contributed by atoms with E-state index >= 15 is 0 Å². The Bertz CT molecular complexity index is 241. The number of unbranched alkanes of at least 4 members (excludes halogenated alkanes) is 7. The highest BCUT2D eigenvalue weighted by atomic mass is 28.4. The molecule has 0 atom stereocenters. The van der Waals surface area contributed by atoms with Crippen molar-refractivity contribution < 1.29 is 13.3 Å². The van der Waals surface area contributed by atoms with Gasteiger partial charge in [0.1, 0.15) is 0 Å². The lowest BCUT2D eigenvalue weighted by atomic mass is 10.1. The smallest absolute Gasteiger partial charge is 0.371 e. The second-order valence-corrected chi connectivity index (χ2v) is 9.98. The summed E-state index contributed by atoms with van der Waals surface area (Å²) in [5.41, 5.74) is 0. The van der Waals surface area contributed by atoms with Crippen molar-refractivity contribution in [3.63, 3.8) is 0 Å². The minimum Gasteiger partial charge on any atom is -0.371 e. The maximum absolute atomic E-state index is 6.21. The van der Waals surface area contributed by atoms with Gasteiger partial charge in [-0.1, -0.05) is 51.9 Å². The van der Waals surface area contributed by atoms with Gasteiger partial charge >= 0.3 is 8.80 Å². The van der Waals surface area contributed by atoms with E-state index in [0.29, 0.717) is 0 Å². The van der Waals surface area contributed by atoms with Crippen molar-refractivity contribution in [1.82, 2.24) is 0 Å². The van der Waals surface area contributed by atoms with E-state index in [2.05, 4.69) is 48.5 Å². The molecule has 0 spiro atoms. The number of hydrogen-bond donors (Lipinski definition) is 0. The third-order valence-corrected chi connectivity index (χ3v) is 7.04. The Kier molecular flexibility index (Phi) is 13.5. The van der Waals surface area contributed by atoms with E-state index in [9.17, 15) is 0 Å². The molecule has 0 saturated heterocycles. The van der Waals surface area contributed by atoms with E-state index in [4.69, 9.17) is 13.3 Å². The van der Waals surface area contributed by atoms with Crippen LogP contribution in [0.5, 0.6) is 0 Å². The summed E-state index contributed by atoms with van der Waals surface area (Å²) < 4.78 is 18.6. The molecule has 0 aromatic rings. The summed E-state index contributed by atoms with van der Waals surface area (Å²) in [7, 11) is -2.57. The molecule has 0 heterocycles. The van der Waals surface area contributed by atoms with Crippen LogP contribution in [0.1, 0.15) is 99.8 Å². The largest absolute Gasteiger partial charge is 0.501 e. The molecule has 3 nitrogen and oxygen atoms in total. The van der Waals surface area contributed by atoms with Gasteiger partial charge in [0.25, 0.3) is 0 Å². The standard InChI is InChI=1S/C19H42O3Si/c1-8-9-10-11-12-13-14-15-16-23(20-17(2)3,21-18(4)5)22-19(6)7/h17-19H,8-16H2,1-7H3. The van der Waals surface area contributed by atoms with Crippen LogP contribution in [0.2, 0.25) is 6.04 Å². The molecule has 0 aromatic heterocycles. The molecule has 0 amide bonds. The Balaban J connectivity index is 4.32. The van der Waals surface area contributed by atoms with Gasteiger partial charge in [-0.3, -0.25) is 0 Å². The highest BCUT2D eigenvalue weighted by molar-refractivity contribution is 6.60. The predicted octanol–water partition coefficient (Wildman–Crippen LogP) is 6.34. The van der Waals surface area contributed by atoms with Gasteiger partial charge in [-0.15, -0.1) is 0 Å². The topological polar surface area (TPSA) is 27.7 Å². The lowest BCUT2D eigenvalue weighted by molar-refractivity contribution is 0.00278. The van der Waals surface area contributed by atoms with E-state index < -0.39 is 8.80 Å². The van der Waals surface area contributed by atoms with Crippen molar-refractivity contribution in [1.29, 1.82) is 0 Å². The Labute approximate surface area is 146 Å². The first-order chi connectivity index (χ1) is 10.8. The quantitative estimate of drug-likeness (QED) is 0.256. The van der Waals surface area contributed by atoms with Crippen molar-refractivity contribution in [3.05, 3.63) is 0 Å². The Morgan fingerprint density at radius 1 is 0.565 bits per heavy atom. The van der Waals surface area contributed by atoms with Gasteiger partial charge in [-0.25, -0.2) is 0 Å². The van der Waals surface area contributed by atoms with E-state index in [1.807, 2.05) is 0 Å². The Hall–Kier alpha value is 0.0969. The lowest BCUT2D eigenvalue weighted by Gasteiger charge is -2.34. The van der Waals surface area contributed by atoms with Gasteiger partial charge in [-0.05, 0) is 48.0 Å². The molecule has 0 aromatic carbocycles. The second kappa shape index (κ2) is 13.4. The van der Waals surface area contributed by atoms with Gasteiger partial charge in [-0.2, -0.15) is 0 Å². The normalized spacial score (nSPS) is 12.8. The summed E-state index contributed by atoms with van der Waals surface area (Å²) in [5, 5.41) is 0. The zero-order chi connectivity index (χ0) is 17.7. The maximum atomic E-state index is 6.21. The predicted molar refractivity (Wildman–Crippen MR) is 102 cm³/mol. The molecule has 0 unspecified atom stereocenters. The molecule has 140 valence electrons. The summed E-state index contributed by atoms with van der Waals surface area (Å²) in [5.74, 6) is 0. The minimum absolute atomic E-state index is 0.146. The van der Waals surface area contributed by atoms with Gasteiger partial charge in [0.2, 0.25) is 0 Å². The van der Waals surface area contributed by atoms with E-state index in [1.54, 1.807) is 0 Å². The highest BCUT2D eigenvalue weighted by Gasteiger charge is 2.43. The van der Waals surface area contributed by atoms with Crippen LogP contribution in [-0.4, -0.2) is 27.1 Å². The summed E-state index contributed by atoms with van der Waals surface area (Å²) in [6.45, 7) is 14.7. The number of rotatable bonds is 15. The van der Waals surface area contributed by atoms with Gasteiger partial charge in [0.05, 0.1) is 0 Å². The Morgan fingerprint density at radius 3 is 1.26 bits per heavy atom. The van der Waals surface area contributed by atoms with E-state index in [-0.39, 0.29) is 18.3 Å². The summed E-state index contributed by atoms with van der Waals surface area (Å²) >= 11 is 0. The molecule has 0 N–H and O–H groups in total. The fourth-order valence-corrected chi connectivity index (χ4v) is 6.17. The molecule has 0 bridgehead atoms. The molecule has 0 fully saturated rings. The first-order valence-corrected chi connectivity index (χ1v) is 11.8. The van der Waals surface area contributed by atoms with Crippen LogP contribution in [-0.2, 0) is 13.3 Å². The van der Waals surface area contributed by atoms with Crippen LogP contribution in [0.4, 0.5) is 0 Å². The van der Waals surface area contributed by atoms with Crippen LogP contribution in [0.3, 0.4) is 0 Å². The average Bonchev–Trinajstić information content (AvgIpc) is 2.39. The second-order valence-electron chi connectivity index (χ2n) is 7.41. The fraction of sp³-hybridized carbons (Fsp3) is 1.00. The third kappa shape index (κ3) is 13.1. The van der Waals surface area contributed by atoms with E-state index in [0.717, 1.165) is 12.5 Å². The zero-order valence-electron chi connectivity index (χ0n) is 16.8. The monoisotopic (exact) mass is 346 g/mol. The molecular formula is C19H42O3Si. The average molecular weight is 347 g/mol. The van der Waals surface area contributed by atoms with Crippen molar-refractivity contribution >= 4 is 8.80 Å². The molecule has 4 heteroatoms. The van der Waals surface area contributed by atoms with Crippen LogP contribution >= 0.6 is 0 Å². The summed E-state index contributed by atoms with van der Waals surface area (Å²) in [6, 6.07) is 0.941. The van der Waals surface area contributed by atoms with Crippen LogP contribution < -0.4 is 0 Å². The van der Waals surface area contributed by atoms with E-state index in [1.165, 1.54) is 44.9 Å². The van der Waals surface area contributed by atoms with Crippen LogP contribution in [0.15, 0.2) is 0 Å². The minimum atomic E-state index is -2.57. The Morgan fingerprint density at radius 2 is 0.913 bits per heavy atom. The maximum Gasteiger partial charge on any atom is 0.501 e. The molecule has 0 aliphatic carbocycles. The SMILES string of the molecule is CCCCCCCCCC[Si](OC(C)C)(OC(C)C)OC(C)C. The molecule has 0 rings (SSSR count). The first kappa shape index (κ1) is 23.1. The highest BCUT2D eigenvalue weighted by Crippen LogP contribution is 2.25. The number of hydrogen-bond acceptors (Lipinski definition) is 3. The molecule has 0 saturated carbocycles. The molecular weight excluding hydrogens is 304 g/mol. The first-order valence-electron chi connectivity index (χ1n) is 9.84. The third-order valence-electron chi connectivity index (χ3n) is 3.58. The lowest BCUT2D eigenvalue weighted by Crippen LogP contribution is -2.50. The van der Waals surface area contributed by atoms with Crippen molar-refractivity contribution in [3.8, 4) is 0 Å². The van der Waals surface area contributed by atoms with Gasteiger partial charge in [0.15, 0.2) is 0 Å². The molecule has 0 aliphatic rings. The van der Waals surface area contributed by atoms with Crippen molar-refractivity contribution in [2.24, 2.45) is 0 Å². The summed E-state index contributed by atoms with van der Waals surface area (Å²) in [6.07, 6.45) is 11.0. The van der Waals surface area contributed by atoms with Crippen LogP contribution in [0, 0.1) is 0 Å². The van der Waals surface area contributed by atoms with Crippen LogP contribution in [0.25, 0.3) is 0 Å². The van der Waals surface area contributed by atoms with Crippen molar-refractivity contribution in [2.75, 3.05) is 0 Å². The molecule has 0 aliphatic heterocycles. The van der Waals surface area contributed by atoms with Gasteiger partial charge in [0, 0.05) is 24.4 Å². The molecule has 0 radical (unpaired) electrons. The zero-order valence-corrected chi connectivity index (χ0v) is 17.8. The fourth-order valence-electron chi connectivity index (χ4n) is 2.81. The van der Waals surface area contributed by atoms with Gasteiger partial charge < -0.3 is 13.3 Å². The van der Waals surface area contributed by atoms with Crippen molar-refractivity contribution in [2.45, 2.75) is 124 Å².